The molecule has 40 heavy (non-hydrogen) atoms. The van der Waals surface area contributed by atoms with Crippen LogP contribution >= 0.6 is 0 Å². The van der Waals surface area contributed by atoms with Crippen LogP contribution in [-0.2, 0) is 9.59 Å². The maximum absolute atomic E-state index is 13.6. The number of carbonyl (C=O) groups excluding carboxylic acids is 2. The van der Waals surface area contributed by atoms with Gasteiger partial charge in [-0.2, -0.15) is 0 Å². The average molecular weight is 552 g/mol. The van der Waals surface area contributed by atoms with Crippen molar-refractivity contribution in [1.29, 1.82) is 5.41 Å². The van der Waals surface area contributed by atoms with E-state index in [4.69, 9.17) is 5.41 Å². The molecular formula is C35H57N3O2. The fraction of sp³-hybridized carbons (Fsp3) is 0.571. The summed E-state index contributed by atoms with van der Waals surface area (Å²) in [6.07, 6.45) is 14.0. The Morgan fingerprint density at radius 2 is 1.50 bits per heavy atom. The third-order valence-electron chi connectivity index (χ3n) is 7.12. The number of nitrogens with zero attached hydrogens (tertiary/aromatic N) is 1. The molecule has 0 heterocycles. The van der Waals surface area contributed by atoms with Gasteiger partial charge in [-0.1, -0.05) is 90.8 Å². The number of unbranched alkanes of at least 4 members (excludes halogenated alkanes) is 3. The zero-order chi connectivity index (χ0) is 29.8. The van der Waals surface area contributed by atoms with Crippen LogP contribution in [0.1, 0.15) is 119 Å². The lowest BCUT2D eigenvalue weighted by Crippen LogP contribution is -2.37. The summed E-state index contributed by atoms with van der Waals surface area (Å²) in [5.41, 5.74) is 4.88. The Balaban J connectivity index is 0.00000250. The molecule has 224 valence electrons. The zero-order valence-electron chi connectivity index (χ0n) is 26.2. The summed E-state index contributed by atoms with van der Waals surface area (Å²) in [6, 6.07) is 14.4. The smallest absolute Gasteiger partial charge is 0.230 e. The molecule has 1 aliphatic rings. The van der Waals surface area contributed by atoms with Gasteiger partial charge in [0.15, 0.2) is 0 Å². The van der Waals surface area contributed by atoms with Gasteiger partial charge in [-0.3, -0.25) is 4.79 Å². The third kappa shape index (κ3) is 12.1. The van der Waals surface area contributed by atoms with Crippen molar-refractivity contribution in [3.8, 4) is 11.1 Å². The molecule has 5 heteroatoms. The van der Waals surface area contributed by atoms with Crippen LogP contribution < -0.4 is 10.2 Å². The first-order valence-corrected chi connectivity index (χ1v) is 15.7. The van der Waals surface area contributed by atoms with Crippen molar-refractivity contribution < 1.29 is 11.0 Å². The van der Waals surface area contributed by atoms with E-state index >= 15 is 0 Å². The minimum Gasteiger partial charge on any atom is -0.388 e. The molecule has 2 N–H and O–H groups in total. The van der Waals surface area contributed by atoms with E-state index in [-0.39, 0.29) is 19.0 Å². The van der Waals surface area contributed by atoms with Gasteiger partial charge in [0.1, 0.15) is 5.78 Å². The van der Waals surface area contributed by atoms with Crippen LogP contribution in [-0.4, -0.2) is 31.5 Å². The van der Waals surface area contributed by atoms with Crippen molar-refractivity contribution in [2.24, 2.45) is 5.92 Å². The molecule has 0 aliphatic heterocycles. The van der Waals surface area contributed by atoms with Crippen LogP contribution in [0.5, 0.6) is 0 Å². The number of ketones is 1. The van der Waals surface area contributed by atoms with E-state index in [0.29, 0.717) is 6.42 Å². The predicted molar refractivity (Wildman–Crippen MR) is 176 cm³/mol. The molecule has 1 fully saturated rings. The molecule has 1 amide bonds. The SMILES string of the molecule is CC.CCC.CNc1ccc(-c2ccc(N(CCCCCCC(C)=O)C(=O)C3CCCCCC3)cc2)cc1C=N.[HH]. The highest BCUT2D eigenvalue weighted by molar-refractivity contribution is 5.95. The molecule has 0 unspecified atom stereocenters. The van der Waals surface area contributed by atoms with E-state index in [1.165, 1.54) is 25.5 Å². The largest absolute Gasteiger partial charge is 0.388 e. The summed E-state index contributed by atoms with van der Waals surface area (Å²) in [6.45, 7) is 10.6. The number of rotatable bonds is 12. The monoisotopic (exact) mass is 551 g/mol. The van der Waals surface area contributed by atoms with Crippen LogP contribution in [0.25, 0.3) is 11.1 Å². The molecule has 0 bridgehead atoms. The second-order valence-electron chi connectivity index (χ2n) is 10.5. The first-order chi connectivity index (χ1) is 19.4. The lowest BCUT2D eigenvalue weighted by Gasteiger charge is -2.27. The molecule has 0 saturated heterocycles. The Labute approximate surface area is 246 Å². The zero-order valence-corrected chi connectivity index (χ0v) is 26.2. The van der Waals surface area contributed by atoms with Crippen LogP contribution in [0.4, 0.5) is 11.4 Å². The molecule has 0 spiro atoms. The first-order valence-electron chi connectivity index (χ1n) is 15.7. The predicted octanol–water partition coefficient (Wildman–Crippen LogP) is 9.92. The van der Waals surface area contributed by atoms with Gasteiger partial charge in [-0.15, -0.1) is 0 Å². The molecule has 3 rings (SSSR count). The fourth-order valence-corrected chi connectivity index (χ4v) is 5.03. The third-order valence-corrected chi connectivity index (χ3v) is 7.12. The molecular weight excluding hydrogens is 494 g/mol. The Morgan fingerprint density at radius 1 is 0.925 bits per heavy atom. The molecule has 0 atom stereocenters. The van der Waals surface area contributed by atoms with E-state index < -0.39 is 0 Å². The van der Waals surface area contributed by atoms with Crippen LogP contribution in [0.2, 0.25) is 0 Å². The van der Waals surface area contributed by atoms with Gasteiger partial charge in [0.25, 0.3) is 0 Å². The number of benzene rings is 2. The summed E-state index contributed by atoms with van der Waals surface area (Å²) in [7, 11) is 1.86. The standard InChI is InChI=1S/C30H41N3O2.C3H8.C2H6.H2/c1-23(34)11-7-5-6-10-20-33(30(35)25-12-8-3-4-9-13-25)28-17-14-24(15-18-28)26-16-19-29(32-2)27(21-26)22-31;1-3-2;1-2;/h14-19,21-22,25,31-32H,3-13,20H2,1-2H3;3H2,1-2H3;1-2H3;1H. The van der Waals surface area contributed by atoms with Crippen molar-refractivity contribution in [3.05, 3.63) is 48.0 Å². The van der Waals surface area contributed by atoms with Crippen molar-refractivity contribution in [1.82, 2.24) is 0 Å². The van der Waals surface area contributed by atoms with Gasteiger partial charge in [0, 0.05) is 50.5 Å². The Kier molecular flexibility index (Phi) is 18.3. The average Bonchev–Trinajstić information content (AvgIpc) is 3.27. The summed E-state index contributed by atoms with van der Waals surface area (Å²) in [4.78, 5) is 26.8. The van der Waals surface area contributed by atoms with Gasteiger partial charge >= 0.3 is 0 Å². The van der Waals surface area contributed by atoms with Crippen molar-refractivity contribution in [3.63, 3.8) is 0 Å². The highest BCUT2D eigenvalue weighted by Crippen LogP contribution is 2.30. The molecule has 1 saturated carbocycles. The van der Waals surface area contributed by atoms with Gasteiger partial charge in [-0.05, 0) is 68.0 Å². The second-order valence-corrected chi connectivity index (χ2v) is 10.5. The molecule has 2 aromatic carbocycles. The summed E-state index contributed by atoms with van der Waals surface area (Å²) < 4.78 is 0. The van der Waals surface area contributed by atoms with E-state index in [9.17, 15) is 9.59 Å². The Bertz CT molecular complexity index is 999. The molecule has 1 aliphatic carbocycles. The number of amides is 1. The number of hydrogen-bond acceptors (Lipinski definition) is 4. The summed E-state index contributed by atoms with van der Waals surface area (Å²) in [5.74, 6) is 0.649. The minimum absolute atomic E-state index is 0. The summed E-state index contributed by atoms with van der Waals surface area (Å²) >= 11 is 0. The number of anilines is 2. The number of Topliss-reactive ketones (excluding diaryl/α,β-unsaturated/α-hetero) is 1. The van der Waals surface area contributed by atoms with Crippen molar-refractivity contribution in [2.75, 3.05) is 23.8 Å². The van der Waals surface area contributed by atoms with Crippen LogP contribution in [0, 0.1) is 11.3 Å². The van der Waals surface area contributed by atoms with Gasteiger partial charge in [-0.25, -0.2) is 0 Å². The van der Waals surface area contributed by atoms with Gasteiger partial charge in [0.05, 0.1) is 0 Å². The number of hydrogen-bond donors (Lipinski definition) is 2. The Hall–Kier alpha value is -2.95. The Morgan fingerprint density at radius 3 is 2.05 bits per heavy atom. The molecule has 2 aromatic rings. The maximum Gasteiger partial charge on any atom is 0.230 e. The van der Waals surface area contributed by atoms with Crippen molar-refractivity contribution in [2.45, 2.75) is 112 Å². The quantitative estimate of drug-likeness (QED) is 0.157. The van der Waals surface area contributed by atoms with E-state index in [0.717, 1.165) is 86.0 Å². The normalized spacial score (nSPS) is 13.1. The van der Waals surface area contributed by atoms with E-state index in [1.54, 1.807) is 6.92 Å². The lowest BCUT2D eigenvalue weighted by atomic mass is 9.97. The highest BCUT2D eigenvalue weighted by atomic mass is 16.2. The fourth-order valence-electron chi connectivity index (χ4n) is 5.03. The topological polar surface area (TPSA) is 73.3 Å². The minimum atomic E-state index is 0. The number of nitrogens with one attached hydrogen (secondary N) is 2. The van der Waals surface area contributed by atoms with Gasteiger partial charge < -0.3 is 20.4 Å². The van der Waals surface area contributed by atoms with Crippen molar-refractivity contribution >= 4 is 29.3 Å². The first kappa shape index (κ1) is 35.1. The summed E-state index contributed by atoms with van der Waals surface area (Å²) in [5, 5.41) is 10.8. The maximum atomic E-state index is 13.6. The van der Waals surface area contributed by atoms with Crippen LogP contribution in [0.3, 0.4) is 0 Å². The van der Waals surface area contributed by atoms with Crippen LogP contribution in [0.15, 0.2) is 42.5 Å². The van der Waals surface area contributed by atoms with E-state index in [1.807, 2.05) is 37.9 Å². The van der Waals surface area contributed by atoms with Gasteiger partial charge in [0.2, 0.25) is 5.91 Å². The molecule has 0 radical (unpaired) electrons. The molecule has 5 nitrogen and oxygen atoms in total. The lowest BCUT2D eigenvalue weighted by molar-refractivity contribution is -0.122. The molecule has 0 aromatic heterocycles. The highest BCUT2D eigenvalue weighted by Gasteiger charge is 2.26. The van der Waals surface area contributed by atoms with E-state index in [2.05, 4.69) is 49.5 Å². The number of carbonyl (C=O) groups is 2. The second kappa shape index (κ2) is 20.9.